The first-order valence-corrected chi connectivity index (χ1v) is 7.65. The number of carbonyl (C=O) groups is 1. The fourth-order valence-electron chi connectivity index (χ4n) is 2.80. The lowest BCUT2D eigenvalue weighted by Gasteiger charge is -2.20. The van der Waals surface area contributed by atoms with E-state index in [1.165, 1.54) is 29.6 Å². The number of nitrogens with zero attached hydrogens (tertiary/aromatic N) is 2. The van der Waals surface area contributed by atoms with Gasteiger partial charge in [0.25, 0.3) is 0 Å². The van der Waals surface area contributed by atoms with E-state index in [9.17, 15) is 4.79 Å². The van der Waals surface area contributed by atoms with Gasteiger partial charge in [-0.1, -0.05) is 6.92 Å². The summed E-state index contributed by atoms with van der Waals surface area (Å²) >= 11 is 1.71. The molecule has 0 aliphatic heterocycles. The van der Waals surface area contributed by atoms with Crippen LogP contribution in [0.3, 0.4) is 0 Å². The van der Waals surface area contributed by atoms with Crippen LogP contribution in [0.1, 0.15) is 43.0 Å². The quantitative estimate of drug-likeness (QED) is 0.909. The Bertz CT molecular complexity index is 668. The molecule has 0 amide bonds. The fourth-order valence-corrected chi connectivity index (χ4v) is 4.10. The highest BCUT2D eigenvalue weighted by atomic mass is 32.1. The standard InChI is InChI=1S/C14H17N3O2S/c1-7-4-3-5-9-10(7)11-12(17-8(2)14(18)19)15-6-16-13(11)20-9/h6-8H,3-5H2,1-2H3,(H,18,19)(H,15,16,17)/t7-,8+/m0/s1. The number of nitrogens with one attached hydrogen (secondary N) is 1. The molecule has 2 atom stereocenters. The summed E-state index contributed by atoms with van der Waals surface area (Å²) in [6.45, 7) is 3.85. The number of hydrogen-bond donors (Lipinski definition) is 2. The van der Waals surface area contributed by atoms with Crippen molar-refractivity contribution in [3.05, 3.63) is 16.8 Å². The van der Waals surface area contributed by atoms with Gasteiger partial charge in [-0.05, 0) is 37.7 Å². The second-order valence-corrected chi connectivity index (χ2v) is 6.42. The van der Waals surface area contributed by atoms with Gasteiger partial charge in [0, 0.05) is 4.88 Å². The first-order valence-electron chi connectivity index (χ1n) is 6.83. The Labute approximate surface area is 121 Å². The number of anilines is 1. The zero-order chi connectivity index (χ0) is 14.3. The Kier molecular flexibility index (Phi) is 3.33. The van der Waals surface area contributed by atoms with Crippen LogP contribution < -0.4 is 5.32 Å². The van der Waals surface area contributed by atoms with Crippen molar-refractivity contribution in [1.29, 1.82) is 0 Å². The van der Waals surface area contributed by atoms with Gasteiger partial charge in [-0.3, -0.25) is 4.79 Å². The maximum Gasteiger partial charge on any atom is 0.325 e. The monoisotopic (exact) mass is 291 g/mol. The second kappa shape index (κ2) is 5.01. The average Bonchev–Trinajstić information content (AvgIpc) is 2.79. The predicted octanol–water partition coefficient (Wildman–Crippen LogP) is 3.02. The summed E-state index contributed by atoms with van der Waals surface area (Å²) in [6.07, 6.45) is 4.98. The number of carboxylic acid groups (broad SMARTS) is 1. The molecule has 2 N–H and O–H groups in total. The third-order valence-corrected chi connectivity index (χ3v) is 5.03. The molecule has 0 radical (unpaired) electrons. The summed E-state index contributed by atoms with van der Waals surface area (Å²) in [5.41, 5.74) is 1.32. The molecule has 106 valence electrons. The van der Waals surface area contributed by atoms with Crippen LogP contribution in [0.25, 0.3) is 10.2 Å². The van der Waals surface area contributed by atoms with Crippen molar-refractivity contribution in [2.24, 2.45) is 0 Å². The predicted molar refractivity (Wildman–Crippen MR) is 79.5 cm³/mol. The fraction of sp³-hybridized carbons (Fsp3) is 0.500. The Balaban J connectivity index is 2.13. The number of aliphatic carboxylic acids is 1. The van der Waals surface area contributed by atoms with Crippen LogP contribution in [0, 0.1) is 0 Å². The van der Waals surface area contributed by atoms with E-state index >= 15 is 0 Å². The van der Waals surface area contributed by atoms with Gasteiger partial charge in [-0.2, -0.15) is 0 Å². The van der Waals surface area contributed by atoms with Crippen molar-refractivity contribution >= 4 is 33.3 Å². The minimum absolute atomic E-state index is 0.485. The Morgan fingerprint density at radius 3 is 3.10 bits per heavy atom. The largest absolute Gasteiger partial charge is 0.480 e. The molecule has 0 fully saturated rings. The van der Waals surface area contributed by atoms with Gasteiger partial charge >= 0.3 is 5.97 Å². The summed E-state index contributed by atoms with van der Waals surface area (Å²) in [4.78, 5) is 22.0. The molecule has 3 rings (SSSR count). The summed E-state index contributed by atoms with van der Waals surface area (Å²) in [5, 5.41) is 13.1. The van der Waals surface area contributed by atoms with E-state index in [4.69, 9.17) is 5.11 Å². The maximum absolute atomic E-state index is 11.0. The molecule has 0 spiro atoms. The molecule has 1 aliphatic carbocycles. The van der Waals surface area contributed by atoms with E-state index < -0.39 is 12.0 Å². The van der Waals surface area contributed by atoms with Crippen LogP contribution in [0.5, 0.6) is 0 Å². The second-order valence-electron chi connectivity index (χ2n) is 5.34. The molecule has 0 unspecified atom stereocenters. The first-order chi connectivity index (χ1) is 9.58. The van der Waals surface area contributed by atoms with Gasteiger partial charge in [0.05, 0.1) is 5.39 Å². The van der Waals surface area contributed by atoms with E-state index in [1.807, 2.05) is 0 Å². The van der Waals surface area contributed by atoms with Crippen molar-refractivity contribution in [2.75, 3.05) is 5.32 Å². The van der Waals surface area contributed by atoms with Crippen molar-refractivity contribution in [3.63, 3.8) is 0 Å². The van der Waals surface area contributed by atoms with E-state index in [0.29, 0.717) is 11.7 Å². The lowest BCUT2D eigenvalue weighted by Crippen LogP contribution is -2.26. The Hall–Kier alpha value is -1.69. The number of hydrogen-bond acceptors (Lipinski definition) is 5. The van der Waals surface area contributed by atoms with Gasteiger partial charge in [0.1, 0.15) is 23.0 Å². The minimum atomic E-state index is -0.881. The SMILES string of the molecule is C[C@@H](Nc1ncnc2sc3c(c12)[C@@H](C)CCC3)C(=O)O. The number of carboxylic acids is 1. The third kappa shape index (κ3) is 2.14. The lowest BCUT2D eigenvalue weighted by atomic mass is 9.87. The van der Waals surface area contributed by atoms with Crippen LogP contribution in [0.4, 0.5) is 5.82 Å². The molecule has 0 bridgehead atoms. The van der Waals surface area contributed by atoms with Crippen molar-refractivity contribution < 1.29 is 9.90 Å². The minimum Gasteiger partial charge on any atom is -0.480 e. The molecule has 6 heteroatoms. The number of rotatable bonds is 3. The van der Waals surface area contributed by atoms with Crippen molar-refractivity contribution in [3.8, 4) is 0 Å². The van der Waals surface area contributed by atoms with Gasteiger partial charge in [-0.25, -0.2) is 9.97 Å². The van der Waals surface area contributed by atoms with Crippen LogP contribution in [-0.4, -0.2) is 27.1 Å². The first kappa shape index (κ1) is 13.3. The number of thiophene rings is 1. The van der Waals surface area contributed by atoms with Crippen LogP contribution in [0.15, 0.2) is 6.33 Å². The highest BCUT2D eigenvalue weighted by Gasteiger charge is 2.25. The molecule has 1 aliphatic rings. The highest BCUT2D eigenvalue weighted by molar-refractivity contribution is 7.19. The average molecular weight is 291 g/mol. The van der Waals surface area contributed by atoms with Crippen molar-refractivity contribution in [1.82, 2.24) is 9.97 Å². The maximum atomic E-state index is 11.0. The molecule has 2 aromatic rings. The van der Waals surface area contributed by atoms with E-state index in [0.717, 1.165) is 16.6 Å². The number of fused-ring (bicyclic) bond motifs is 3. The summed E-state index contributed by atoms with van der Waals surface area (Å²) in [6, 6.07) is -0.664. The van der Waals surface area contributed by atoms with Crippen molar-refractivity contribution in [2.45, 2.75) is 45.1 Å². The molecule has 0 aromatic carbocycles. The van der Waals surface area contributed by atoms with Gasteiger partial charge < -0.3 is 10.4 Å². The lowest BCUT2D eigenvalue weighted by molar-refractivity contribution is -0.137. The van der Waals surface area contributed by atoms with Gasteiger partial charge in [0.15, 0.2) is 0 Å². The van der Waals surface area contributed by atoms with E-state index in [-0.39, 0.29) is 0 Å². The number of aromatic nitrogens is 2. The normalized spacial score (nSPS) is 19.6. The molecular weight excluding hydrogens is 274 g/mol. The summed E-state index contributed by atoms with van der Waals surface area (Å²) in [7, 11) is 0. The molecule has 20 heavy (non-hydrogen) atoms. The zero-order valence-electron chi connectivity index (χ0n) is 11.5. The highest BCUT2D eigenvalue weighted by Crippen LogP contribution is 2.43. The smallest absolute Gasteiger partial charge is 0.325 e. The van der Waals surface area contributed by atoms with E-state index in [1.54, 1.807) is 18.3 Å². The summed E-state index contributed by atoms with van der Waals surface area (Å²) < 4.78 is 0. The molecule has 5 nitrogen and oxygen atoms in total. The number of aryl methyl sites for hydroxylation is 1. The van der Waals surface area contributed by atoms with Crippen LogP contribution in [0.2, 0.25) is 0 Å². The third-order valence-electron chi connectivity index (χ3n) is 3.86. The molecular formula is C14H17N3O2S. The summed E-state index contributed by atoms with van der Waals surface area (Å²) in [5.74, 6) is 0.254. The Morgan fingerprint density at radius 1 is 1.55 bits per heavy atom. The van der Waals surface area contributed by atoms with Gasteiger partial charge in [-0.15, -0.1) is 11.3 Å². The molecule has 2 aromatic heterocycles. The van der Waals surface area contributed by atoms with E-state index in [2.05, 4.69) is 22.2 Å². The zero-order valence-corrected chi connectivity index (χ0v) is 12.3. The molecule has 2 heterocycles. The van der Waals surface area contributed by atoms with Gasteiger partial charge in [0.2, 0.25) is 0 Å². The Morgan fingerprint density at radius 2 is 2.35 bits per heavy atom. The van der Waals surface area contributed by atoms with Crippen LogP contribution in [-0.2, 0) is 11.2 Å². The van der Waals surface area contributed by atoms with Crippen LogP contribution >= 0.6 is 11.3 Å². The molecule has 0 saturated heterocycles. The topological polar surface area (TPSA) is 75.1 Å². The molecule has 0 saturated carbocycles.